The standard InChI is InChI=1S/C19H23NO3/c1-4-18(23-17-7-5-6-16(12-17)22-3)19(21)20-13-15-10-8-14(2)9-11-15/h5-12,18H,4,13H2,1-3H3,(H,20,21)/t18-/m0/s1. The third-order valence-electron chi connectivity index (χ3n) is 3.57. The Morgan fingerprint density at radius 1 is 1.13 bits per heavy atom. The van der Waals surface area contributed by atoms with E-state index < -0.39 is 6.10 Å². The fourth-order valence-corrected chi connectivity index (χ4v) is 2.17. The lowest BCUT2D eigenvalue weighted by Crippen LogP contribution is -2.37. The summed E-state index contributed by atoms with van der Waals surface area (Å²) in [5, 5.41) is 2.92. The molecule has 0 fully saturated rings. The van der Waals surface area contributed by atoms with Gasteiger partial charge in [0.25, 0.3) is 5.91 Å². The van der Waals surface area contributed by atoms with Crippen molar-refractivity contribution in [2.75, 3.05) is 7.11 Å². The van der Waals surface area contributed by atoms with Gasteiger partial charge in [-0.05, 0) is 31.0 Å². The van der Waals surface area contributed by atoms with Gasteiger partial charge in [0.05, 0.1) is 7.11 Å². The number of carbonyl (C=O) groups excluding carboxylic acids is 1. The number of ether oxygens (including phenoxy) is 2. The Morgan fingerprint density at radius 2 is 1.83 bits per heavy atom. The first-order valence-electron chi connectivity index (χ1n) is 7.76. The second-order valence-corrected chi connectivity index (χ2v) is 5.40. The number of hydrogen-bond donors (Lipinski definition) is 1. The van der Waals surface area contributed by atoms with Gasteiger partial charge in [0.1, 0.15) is 11.5 Å². The van der Waals surface area contributed by atoms with E-state index >= 15 is 0 Å². The first-order chi connectivity index (χ1) is 11.1. The van der Waals surface area contributed by atoms with Gasteiger partial charge in [0.15, 0.2) is 6.10 Å². The summed E-state index contributed by atoms with van der Waals surface area (Å²) in [6, 6.07) is 15.4. The van der Waals surface area contributed by atoms with Crippen molar-refractivity contribution >= 4 is 5.91 Å². The fraction of sp³-hybridized carbons (Fsp3) is 0.316. The maximum absolute atomic E-state index is 12.3. The summed E-state index contributed by atoms with van der Waals surface area (Å²) in [6.45, 7) is 4.46. The van der Waals surface area contributed by atoms with Gasteiger partial charge in [-0.3, -0.25) is 4.79 Å². The molecule has 0 bridgehead atoms. The van der Waals surface area contributed by atoms with Gasteiger partial charge in [-0.15, -0.1) is 0 Å². The molecule has 1 atom stereocenters. The van der Waals surface area contributed by atoms with Gasteiger partial charge in [-0.1, -0.05) is 42.8 Å². The van der Waals surface area contributed by atoms with E-state index in [0.29, 0.717) is 24.5 Å². The zero-order valence-corrected chi connectivity index (χ0v) is 13.8. The predicted molar refractivity (Wildman–Crippen MR) is 90.7 cm³/mol. The van der Waals surface area contributed by atoms with Crippen LogP contribution in [0.3, 0.4) is 0 Å². The molecule has 2 aromatic carbocycles. The second-order valence-electron chi connectivity index (χ2n) is 5.40. The summed E-state index contributed by atoms with van der Waals surface area (Å²) in [4.78, 5) is 12.3. The third-order valence-corrected chi connectivity index (χ3v) is 3.57. The molecule has 0 saturated heterocycles. The van der Waals surface area contributed by atoms with E-state index in [0.717, 1.165) is 5.56 Å². The fourth-order valence-electron chi connectivity index (χ4n) is 2.17. The van der Waals surface area contributed by atoms with Crippen molar-refractivity contribution in [1.82, 2.24) is 5.32 Å². The molecule has 0 aliphatic heterocycles. The molecule has 0 aliphatic carbocycles. The molecule has 122 valence electrons. The van der Waals surface area contributed by atoms with Crippen LogP contribution in [0.4, 0.5) is 0 Å². The van der Waals surface area contributed by atoms with Gasteiger partial charge in [-0.25, -0.2) is 0 Å². The van der Waals surface area contributed by atoms with Crippen LogP contribution in [0.15, 0.2) is 48.5 Å². The minimum atomic E-state index is -0.521. The van der Waals surface area contributed by atoms with Crippen molar-refractivity contribution in [2.45, 2.75) is 32.9 Å². The lowest BCUT2D eigenvalue weighted by Gasteiger charge is -2.17. The first-order valence-corrected chi connectivity index (χ1v) is 7.76. The van der Waals surface area contributed by atoms with Gasteiger partial charge in [0.2, 0.25) is 0 Å². The number of nitrogens with one attached hydrogen (secondary N) is 1. The Hall–Kier alpha value is -2.49. The largest absolute Gasteiger partial charge is 0.497 e. The molecule has 0 radical (unpaired) electrons. The zero-order chi connectivity index (χ0) is 16.7. The summed E-state index contributed by atoms with van der Waals surface area (Å²) in [6.07, 6.45) is 0.0734. The van der Waals surface area contributed by atoms with Crippen molar-refractivity contribution in [3.63, 3.8) is 0 Å². The molecular weight excluding hydrogens is 290 g/mol. The highest BCUT2D eigenvalue weighted by Crippen LogP contribution is 2.20. The monoisotopic (exact) mass is 313 g/mol. The Morgan fingerprint density at radius 3 is 2.48 bits per heavy atom. The summed E-state index contributed by atoms with van der Waals surface area (Å²) in [5.74, 6) is 1.22. The number of carbonyl (C=O) groups is 1. The van der Waals surface area contributed by atoms with Crippen molar-refractivity contribution in [2.24, 2.45) is 0 Å². The number of rotatable bonds is 7. The highest BCUT2D eigenvalue weighted by molar-refractivity contribution is 5.81. The van der Waals surface area contributed by atoms with E-state index in [1.54, 1.807) is 13.2 Å². The van der Waals surface area contributed by atoms with Crippen LogP contribution in [0.2, 0.25) is 0 Å². The number of hydrogen-bond acceptors (Lipinski definition) is 3. The highest BCUT2D eigenvalue weighted by Gasteiger charge is 2.18. The summed E-state index contributed by atoms with van der Waals surface area (Å²) >= 11 is 0. The number of methoxy groups -OCH3 is 1. The van der Waals surface area contributed by atoms with E-state index in [2.05, 4.69) is 5.32 Å². The maximum atomic E-state index is 12.3. The number of amides is 1. The Labute approximate surface area is 137 Å². The van der Waals surface area contributed by atoms with Crippen molar-refractivity contribution in [1.29, 1.82) is 0 Å². The topological polar surface area (TPSA) is 47.6 Å². The van der Waals surface area contributed by atoms with E-state index in [1.807, 2.05) is 56.3 Å². The van der Waals surface area contributed by atoms with Crippen molar-refractivity contribution in [3.05, 3.63) is 59.7 Å². The Bertz CT molecular complexity index is 637. The molecule has 4 nitrogen and oxygen atoms in total. The molecule has 1 N–H and O–H groups in total. The average molecular weight is 313 g/mol. The lowest BCUT2D eigenvalue weighted by atomic mass is 10.1. The summed E-state index contributed by atoms with van der Waals surface area (Å²) in [7, 11) is 1.60. The number of aryl methyl sites for hydroxylation is 1. The molecule has 0 aromatic heterocycles. The van der Waals surface area contributed by atoms with Gasteiger partial charge < -0.3 is 14.8 Å². The molecule has 0 unspecified atom stereocenters. The average Bonchev–Trinajstić information content (AvgIpc) is 2.59. The molecule has 4 heteroatoms. The van der Waals surface area contributed by atoms with Crippen LogP contribution in [0.5, 0.6) is 11.5 Å². The van der Waals surface area contributed by atoms with Crippen LogP contribution in [0.1, 0.15) is 24.5 Å². The maximum Gasteiger partial charge on any atom is 0.261 e. The lowest BCUT2D eigenvalue weighted by molar-refractivity contribution is -0.128. The van der Waals surface area contributed by atoms with Crippen LogP contribution in [0, 0.1) is 6.92 Å². The molecule has 2 aromatic rings. The van der Waals surface area contributed by atoms with Crippen LogP contribution < -0.4 is 14.8 Å². The number of benzene rings is 2. The smallest absolute Gasteiger partial charge is 0.261 e. The minimum absolute atomic E-state index is 0.115. The first kappa shape index (κ1) is 16.9. The second kappa shape index (κ2) is 8.22. The Kier molecular flexibility index (Phi) is 6.03. The highest BCUT2D eigenvalue weighted by atomic mass is 16.5. The molecule has 1 amide bonds. The van der Waals surface area contributed by atoms with Gasteiger partial charge in [0, 0.05) is 12.6 Å². The van der Waals surface area contributed by atoms with E-state index in [-0.39, 0.29) is 5.91 Å². The molecule has 2 rings (SSSR count). The van der Waals surface area contributed by atoms with E-state index in [4.69, 9.17) is 9.47 Å². The van der Waals surface area contributed by atoms with Crippen LogP contribution in [0.25, 0.3) is 0 Å². The molecule has 0 heterocycles. The summed E-state index contributed by atoms with van der Waals surface area (Å²) < 4.78 is 10.9. The molecule has 23 heavy (non-hydrogen) atoms. The van der Waals surface area contributed by atoms with Crippen LogP contribution in [-0.2, 0) is 11.3 Å². The zero-order valence-electron chi connectivity index (χ0n) is 13.8. The SMILES string of the molecule is CC[C@H](Oc1cccc(OC)c1)C(=O)NCc1ccc(C)cc1. The van der Waals surface area contributed by atoms with E-state index in [9.17, 15) is 4.79 Å². The van der Waals surface area contributed by atoms with Crippen LogP contribution in [-0.4, -0.2) is 19.1 Å². The van der Waals surface area contributed by atoms with Gasteiger partial charge >= 0.3 is 0 Å². The normalized spacial score (nSPS) is 11.6. The Balaban J connectivity index is 1.93. The van der Waals surface area contributed by atoms with E-state index in [1.165, 1.54) is 5.56 Å². The third kappa shape index (κ3) is 5.02. The molecule has 0 spiro atoms. The van der Waals surface area contributed by atoms with Crippen LogP contribution >= 0.6 is 0 Å². The molecule has 0 saturated carbocycles. The van der Waals surface area contributed by atoms with Crippen molar-refractivity contribution in [3.8, 4) is 11.5 Å². The quantitative estimate of drug-likeness (QED) is 0.851. The predicted octanol–water partition coefficient (Wildman–Crippen LogP) is 3.48. The summed E-state index contributed by atoms with van der Waals surface area (Å²) in [5.41, 5.74) is 2.27. The molecular formula is C19H23NO3. The van der Waals surface area contributed by atoms with Crippen molar-refractivity contribution < 1.29 is 14.3 Å². The van der Waals surface area contributed by atoms with Gasteiger partial charge in [-0.2, -0.15) is 0 Å². The minimum Gasteiger partial charge on any atom is -0.497 e. The molecule has 0 aliphatic rings.